The first kappa shape index (κ1) is 28.7. The van der Waals surface area contributed by atoms with Gasteiger partial charge in [0.2, 0.25) is 0 Å². The lowest BCUT2D eigenvalue weighted by Crippen LogP contribution is -2.66. The second-order valence-corrected chi connectivity index (χ2v) is 12.4. The number of likely N-dealkylation sites (tertiary alicyclic amines) is 1. The smallest absolute Gasteiger partial charge is 0.331 e. The number of thiazole rings is 1. The molecule has 2 aromatic rings. The van der Waals surface area contributed by atoms with Gasteiger partial charge < -0.3 is 14.0 Å². The maximum atomic E-state index is 14.0. The van der Waals surface area contributed by atoms with Crippen LogP contribution in [0.2, 0.25) is 0 Å². The molecule has 4 fully saturated rings. The number of carbonyl (C=O) groups excluding carboxylic acids is 3. The Balaban J connectivity index is 1.24. The lowest BCUT2D eigenvalue weighted by Gasteiger charge is -2.52. The van der Waals surface area contributed by atoms with Gasteiger partial charge >= 0.3 is 11.9 Å². The topological polar surface area (TPSA) is 97.8 Å². The third-order valence-corrected chi connectivity index (χ3v) is 9.74. The Hall–Kier alpha value is -2.82. The first-order chi connectivity index (χ1) is 19.3. The van der Waals surface area contributed by atoms with Crippen LogP contribution in [0, 0.1) is 5.92 Å². The molecule has 9 nitrogen and oxygen atoms in total. The standard InChI is InChI=1S/C30H40N4O5S/c1-3-38-27(36)18-24-21-40-29(31-24)32-26(35)20-34-16-12-22(13-17-34)25(19-34)39-28(37)30(2,23-10-6-4-7-11-23)33-14-8-5-9-15-33/h4,6-7,10-11,21-22,25H,3,5,8-9,12-20H2,1-2H3/p+1/t22?,25-,30-,34?/m0/s1. The summed E-state index contributed by atoms with van der Waals surface area (Å²) in [5.41, 5.74) is 0.728. The molecule has 4 aliphatic rings. The third-order valence-electron chi connectivity index (χ3n) is 8.93. The van der Waals surface area contributed by atoms with Gasteiger partial charge in [-0.2, -0.15) is 0 Å². The number of nitrogens with zero attached hydrogens (tertiary/aromatic N) is 3. The fourth-order valence-corrected chi connectivity index (χ4v) is 7.36. The molecule has 0 spiro atoms. The zero-order valence-corrected chi connectivity index (χ0v) is 24.4. The van der Waals surface area contributed by atoms with Crippen molar-refractivity contribution in [3.8, 4) is 0 Å². The summed E-state index contributed by atoms with van der Waals surface area (Å²) in [7, 11) is 0. The van der Waals surface area contributed by atoms with Gasteiger partial charge in [-0.15, -0.1) is 11.3 Å². The highest BCUT2D eigenvalue weighted by molar-refractivity contribution is 7.13. The maximum absolute atomic E-state index is 14.0. The first-order valence-corrected chi connectivity index (χ1v) is 15.5. The Bertz CT molecular complexity index is 1190. The van der Waals surface area contributed by atoms with Crippen LogP contribution in [0.1, 0.15) is 57.2 Å². The van der Waals surface area contributed by atoms with Crippen LogP contribution in [-0.2, 0) is 35.8 Å². The molecule has 6 rings (SSSR count). The van der Waals surface area contributed by atoms with Gasteiger partial charge in [0.1, 0.15) is 12.1 Å². The average molecular weight is 570 g/mol. The molecule has 40 heavy (non-hydrogen) atoms. The second kappa shape index (κ2) is 12.4. The van der Waals surface area contributed by atoms with Crippen LogP contribution in [0.25, 0.3) is 0 Å². The zero-order chi connectivity index (χ0) is 28.2. The Kier molecular flexibility index (Phi) is 8.87. The summed E-state index contributed by atoms with van der Waals surface area (Å²) in [6.07, 6.45) is 5.13. The van der Waals surface area contributed by atoms with Crippen LogP contribution in [0.5, 0.6) is 0 Å². The van der Waals surface area contributed by atoms with E-state index in [9.17, 15) is 14.4 Å². The molecule has 0 saturated carbocycles. The minimum absolute atomic E-state index is 0.0912. The summed E-state index contributed by atoms with van der Waals surface area (Å²) in [5.74, 6) is -0.286. The largest absolute Gasteiger partial charge is 0.466 e. The Morgan fingerprint density at radius 1 is 1.12 bits per heavy atom. The number of rotatable bonds is 10. The van der Waals surface area contributed by atoms with Crippen molar-refractivity contribution in [3.63, 3.8) is 0 Å². The predicted octanol–water partition coefficient (Wildman–Crippen LogP) is 3.74. The summed E-state index contributed by atoms with van der Waals surface area (Å²) in [4.78, 5) is 45.5. The number of amides is 1. The molecule has 216 valence electrons. The van der Waals surface area contributed by atoms with Gasteiger partial charge in [0.25, 0.3) is 5.91 Å². The lowest BCUT2D eigenvalue weighted by atomic mass is 9.82. The minimum atomic E-state index is -0.831. The monoisotopic (exact) mass is 569 g/mol. The van der Waals surface area contributed by atoms with Crippen molar-refractivity contribution in [2.24, 2.45) is 5.92 Å². The van der Waals surface area contributed by atoms with E-state index in [1.807, 2.05) is 37.3 Å². The van der Waals surface area contributed by atoms with E-state index in [1.165, 1.54) is 17.8 Å². The van der Waals surface area contributed by atoms with Gasteiger partial charge in [-0.25, -0.2) is 9.78 Å². The molecule has 2 atom stereocenters. The summed E-state index contributed by atoms with van der Waals surface area (Å²) >= 11 is 1.31. The molecule has 4 aliphatic heterocycles. The fraction of sp³-hybridized carbons (Fsp3) is 0.600. The van der Waals surface area contributed by atoms with Crippen molar-refractivity contribution >= 4 is 34.3 Å². The van der Waals surface area contributed by atoms with Gasteiger partial charge in [0.05, 0.1) is 31.8 Å². The molecular weight excluding hydrogens is 528 g/mol. The Labute approximate surface area is 240 Å². The molecule has 0 aliphatic carbocycles. The highest BCUT2D eigenvalue weighted by Crippen LogP contribution is 2.38. The van der Waals surface area contributed by atoms with Crippen molar-refractivity contribution in [2.45, 2.75) is 64.0 Å². The molecular formula is C30H41N4O5S+. The molecule has 1 N–H and O–H groups in total. The molecule has 1 aromatic carbocycles. The van der Waals surface area contributed by atoms with Gasteiger partial charge in [0.15, 0.2) is 17.8 Å². The number of benzene rings is 1. The molecule has 1 amide bonds. The van der Waals surface area contributed by atoms with E-state index in [4.69, 9.17) is 9.47 Å². The van der Waals surface area contributed by atoms with Crippen molar-refractivity contribution in [3.05, 3.63) is 47.0 Å². The van der Waals surface area contributed by atoms with Crippen LogP contribution >= 0.6 is 11.3 Å². The van der Waals surface area contributed by atoms with Gasteiger partial charge in [-0.1, -0.05) is 36.8 Å². The molecule has 4 saturated heterocycles. The normalized spacial score (nSPS) is 26.1. The highest BCUT2D eigenvalue weighted by atomic mass is 32.1. The first-order valence-electron chi connectivity index (χ1n) is 14.6. The number of hydrogen-bond donors (Lipinski definition) is 1. The van der Waals surface area contributed by atoms with Crippen molar-refractivity contribution in [1.82, 2.24) is 9.88 Å². The SMILES string of the molecule is CCOC(=O)Cc1csc(NC(=O)C[N+]23CCC(CC2)[C@@H](OC(=O)[C@](C)(c2ccccc2)N2CCCCC2)C3)n1. The van der Waals surface area contributed by atoms with Crippen molar-refractivity contribution in [1.29, 1.82) is 0 Å². The van der Waals surface area contributed by atoms with Crippen LogP contribution < -0.4 is 5.32 Å². The minimum Gasteiger partial charge on any atom is -0.466 e. The number of carbonyl (C=O) groups is 3. The number of ether oxygens (including phenoxy) is 2. The quantitative estimate of drug-likeness (QED) is 0.344. The number of aromatic nitrogens is 1. The second-order valence-electron chi connectivity index (χ2n) is 11.6. The predicted molar refractivity (Wildman–Crippen MR) is 153 cm³/mol. The van der Waals surface area contributed by atoms with E-state index in [0.29, 0.717) is 40.9 Å². The molecule has 1 aromatic heterocycles. The Morgan fingerprint density at radius 3 is 2.55 bits per heavy atom. The number of hydrogen-bond acceptors (Lipinski definition) is 8. The molecule has 0 unspecified atom stereocenters. The van der Waals surface area contributed by atoms with E-state index >= 15 is 0 Å². The van der Waals surface area contributed by atoms with Crippen LogP contribution in [0.15, 0.2) is 35.7 Å². The van der Waals surface area contributed by atoms with Gasteiger partial charge in [-0.3, -0.25) is 19.8 Å². The van der Waals surface area contributed by atoms with Crippen molar-refractivity contribution in [2.75, 3.05) is 51.2 Å². The average Bonchev–Trinajstić information content (AvgIpc) is 3.39. The number of esters is 2. The molecule has 0 radical (unpaired) electrons. The number of anilines is 1. The van der Waals surface area contributed by atoms with E-state index < -0.39 is 5.54 Å². The molecule has 5 heterocycles. The van der Waals surface area contributed by atoms with Crippen molar-refractivity contribution < 1.29 is 28.3 Å². The number of quaternary nitrogens is 1. The van der Waals surface area contributed by atoms with Gasteiger partial charge in [0, 0.05) is 24.1 Å². The summed E-state index contributed by atoms with van der Waals surface area (Å²) in [5, 5.41) is 5.18. The van der Waals surface area contributed by atoms with E-state index in [-0.39, 0.29) is 30.4 Å². The highest BCUT2D eigenvalue weighted by Gasteiger charge is 2.51. The Morgan fingerprint density at radius 2 is 1.85 bits per heavy atom. The van der Waals surface area contributed by atoms with Crippen LogP contribution in [0.3, 0.4) is 0 Å². The molecule has 10 heteroatoms. The summed E-state index contributed by atoms with van der Waals surface area (Å²) < 4.78 is 12.0. The molecule has 2 bridgehead atoms. The number of nitrogens with one attached hydrogen (secondary N) is 1. The summed E-state index contributed by atoms with van der Waals surface area (Å²) in [6.45, 7) is 8.65. The van der Waals surface area contributed by atoms with Crippen LogP contribution in [-0.4, -0.2) is 84.2 Å². The van der Waals surface area contributed by atoms with Crippen LogP contribution in [0.4, 0.5) is 5.13 Å². The van der Waals surface area contributed by atoms with E-state index in [2.05, 4.69) is 15.2 Å². The third kappa shape index (κ3) is 6.24. The van der Waals surface area contributed by atoms with E-state index in [0.717, 1.165) is 57.4 Å². The number of piperidine rings is 4. The zero-order valence-electron chi connectivity index (χ0n) is 23.6. The lowest BCUT2D eigenvalue weighted by molar-refractivity contribution is -0.939. The fourth-order valence-electron chi connectivity index (χ4n) is 6.63. The number of fused-ring (bicyclic) bond motifs is 3. The van der Waals surface area contributed by atoms with E-state index in [1.54, 1.807) is 12.3 Å². The maximum Gasteiger partial charge on any atom is 0.331 e. The summed E-state index contributed by atoms with van der Waals surface area (Å²) in [6, 6.07) is 10.0. The van der Waals surface area contributed by atoms with Gasteiger partial charge in [-0.05, 0) is 45.3 Å².